The van der Waals surface area contributed by atoms with Gasteiger partial charge in [-0.1, -0.05) is 6.92 Å². The predicted molar refractivity (Wildman–Crippen MR) is 51.3 cm³/mol. The maximum absolute atomic E-state index is 10.9. The van der Waals surface area contributed by atoms with E-state index in [9.17, 15) is 4.79 Å². The molecule has 0 amide bonds. The third-order valence-electron chi connectivity index (χ3n) is 1.55. The molecule has 0 saturated carbocycles. The highest BCUT2D eigenvalue weighted by Crippen LogP contribution is 2.08. The number of esters is 1. The van der Waals surface area contributed by atoms with E-state index in [-0.39, 0.29) is 12.6 Å². The van der Waals surface area contributed by atoms with E-state index in [0.29, 0.717) is 6.61 Å². The minimum Gasteiger partial charge on any atom is -0.486 e. The van der Waals surface area contributed by atoms with Crippen LogP contribution in [-0.2, 0) is 14.3 Å². The Balaban J connectivity index is 3.87. The molecular formula is C10H18O3. The van der Waals surface area contributed by atoms with Crippen LogP contribution in [0.4, 0.5) is 0 Å². The molecule has 0 saturated heterocycles. The molecule has 76 valence electrons. The van der Waals surface area contributed by atoms with Crippen molar-refractivity contribution in [3.05, 3.63) is 11.3 Å². The van der Waals surface area contributed by atoms with Gasteiger partial charge in [-0.25, -0.2) is 4.79 Å². The van der Waals surface area contributed by atoms with Crippen LogP contribution in [0.2, 0.25) is 0 Å². The highest BCUT2D eigenvalue weighted by molar-refractivity contribution is 5.70. The number of hydrogen-bond donors (Lipinski definition) is 0. The Bertz CT molecular complexity index is 190. The summed E-state index contributed by atoms with van der Waals surface area (Å²) < 4.78 is 10.0. The van der Waals surface area contributed by atoms with Crippen molar-refractivity contribution in [2.75, 3.05) is 13.2 Å². The van der Waals surface area contributed by atoms with Gasteiger partial charge in [0.05, 0.1) is 12.4 Å². The smallest absolute Gasteiger partial charge is 0.344 e. The minimum atomic E-state index is -0.310. The lowest BCUT2D eigenvalue weighted by atomic mass is 10.2. The lowest BCUT2D eigenvalue weighted by molar-refractivity contribution is -0.147. The van der Waals surface area contributed by atoms with E-state index in [1.807, 2.05) is 20.8 Å². The molecule has 0 heterocycles. The second kappa shape index (κ2) is 6.52. The Kier molecular flexibility index (Phi) is 6.02. The molecule has 0 atom stereocenters. The largest absolute Gasteiger partial charge is 0.486 e. The first-order valence-corrected chi connectivity index (χ1v) is 4.56. The molecule has 0 aromatic rings. The van der Waals surface area contributed by atoms with Gasteiger partial charge in [-0.2, -0.15) is 0 Å². The van der Waals surface area contributed by atoms with Crippen molar-refractivity contribution in [2.24, 2.45) is 0 Å². The Morgan fingerprint density at radius 2 is 1.77 bits per heavy atom. The fourth-order valence-corrected chi connectivity index (χ4v) is 0.949. The predicted octanol–water partition coefficient (Wildman–Crippen LogP) is 2.27. The van der Waals surface area contributed by atoms with Gasteiger partial charge in [-0.3, -0.25) is 0 Å². The van der Waals surface area contributed by atoms with Gasteiger partial charge in [-0.05, 0) is 26.3 Å². The molecular weight excluding hydrogens is 168 g/mol. The maximum Gasteiger partial charge on any atom is 0.344 e. The highest BCUT2D eigenvalue weighted by atomic mass is 16.6. The van der Waals surface area contributed by atoms with E-state index in [4.69, 9.17) is 9.47 Å². The van der Waals surface area contributed by atoms with E-state index < -0.39 is 0 Å². The molecule has 0 aromatic heterocycles. The fraction of sp³-hybridized carbons (Fsp3) is 0.700. The van der Waals surface area contributed by atoms with Gasteiger partial charge in [0.2, 0.25) is 0 Å². The first-order valence-electron chi connectivity index (χ1n) is 4.56. The molecule has 0 aliphatic rings. The van der Waals surface area contributed by atoms with Crippen molar-refractivity contribution < 1.29 is 14.3 Å². The first-order chi connectivity index (χ1) is 6.11. The molecule has 0 rings (SSSR count). The van der Waals surface area contributed by atoms with Crippen molar-refractivity contribution in [1.82, 2.24) is 0 Å². The van der Waals surface area contributed by atoms with Crippen LogP contribution in [0.3, 0.4) is 0 Å². The molecule has 0 bridgehead atoms. The van der Waals surface area contributed by atoms with Crippen LogP contribution >= 0.6 is 0 Å². The summed E-state index contributed by atoms with van der Waals surface area (Å²) in [6, 6.07) is 0. The first kappa shape index (κ1) is 12.0. The second-order valence-corrected chi connectivity index (χ2v) is 2.87. The van der Waals surface area contributed by atoms with Crippen molar-refractivity contribution in [3.8, 4) is 0 Å². The second-order valence-electron chi connectivity index (χ2n) is 2.87. The molecule has 0 aromatic carbocycles. The Morgan fingerprint density at radius 1 is 1.15 bits per heavy atom. The van der Waals surface area contributed by atoms with Gasteiger partial charge in [-0.15, -0.1) is 0 Å². The molecule has 0 aliphatic carbocycles. The van der Waals surface area contributed by atoms with E-state index >= 15 is 0 Å². The lowest BCUT2D eigenvalue weighted by Gasteiger charge is -2.09. The molecule has 13 heavy (non-hydrogen) atoms. The zero-order chi connectivity index (χ0) is 10.3. The zero-order valence-electron chi connectivity index (χ0n) is 8.85. The number of hydrogen-bond acceptors (Lipinski definition) is 3. The summed E-state index contributed by atoms with van der Waals surface area (Å²) in [5, 5.41) is 0. The maximum atomic E-state index is 10.9. The fourth-order valence-electron chi connectivity index (χ4n) is 0.949. The molecule has 0 spiro atoms. The van der Waals surface area contributed by atoms with Crippen LogP contribution in [0.1, 0.15) is 34.1 Å². The minimum absolute atomic E-state index is 0.0161. The van der Waals surface area contributed by atoms with Crippen molar-refractivity contribution >= 4 is 5.97 Å². The topological polar surface area (TPSA) is 35.5 Å². The Morgan fingerprint density at radius 3 is 2.15 bits per heavy atom. The van der Waals surface area contributed by atoms with E-state index in [1.165, 1.54) is 0 Å². The summed E-state index contributed by atoms with van der Waals surface area (Å²) in [7, 11) is 0. The molecule has 0 fully saturated rings. The van der Waals surface area contributed by atoms with Gasteiger partial charge in [0.15, 0.2) is 6.61 Å². The summed E-state index contributed by atoms with van der Waals surface area (Å²) in [6.07, 6.45) is 0.807. The van der Waals surface area contributed by atoms with Crippen molar-refractivity contribution in [1.29, 1.82) is 0 Å². The summed E-state index contributed by atoms with van der Waals surface area (Å²) in [4.78, 5) is 10.9. The number of ether oxygens (including phenoxy) is 2. The molecule has 0 aliphatic heterocycles. The molecule has 3 heteroatoms. The third kappa shape index (κ3) is 5.28. The zero-order valence-corrected chi connectivity index (χ0v) is 8.85. The SMILES string of the molecule is CCOC(=O)COC(CC)=C(C)C. The van der Waals surface area contributed by atoms with Crippen LogP contribution in [0.5, 0.6) is 0 Å². The normalized spacial score (nSPS) is 9.23. The van der Waals surface area contributed by atoms with E-state index in [2.05, 4.69) is 0 Å². The van der Waals surface area contributed by atoms with Gasteiger partial charge in [0.25, 0.3) is 0 Å². The Hall–Kier alpha value is -0.990. The van der Waals surface area contributed by atoms with Crippen LogP contribution in [-0.4, -0.2) is 19.2 Å². The van der Waals surface area contributed by atoms with Gasteiger partial charge in [0, 0.05) is 6.42 Å². The summed E-state index contributed by atoms with van der Waals surface area (Å²) in [5.41, 5.74) is 1.10. The van der Waals surface area contributed by atoms with Crippen molar-refractivity contribution in [3.63, 3.8) is 0 Å². The molecule has 0 unspecified atom stereocenters. The quantitative estimate of drug-likeness (QED) is 0.488. The number of rotatable bonds is 5. The van der Waals surface area contributed by atoms with Gasteiger partial charge < -0.3 is 9.47 Å². The monoisotopic (exact) mass is 186 g/mol. The van der Waals surface area contributed by atoms with E-state index in [0.717, 1.165) is 17.8 Å². The summed E-state index contributed by atoms with van der Waals surface area (Å²) >= 11 is 0. The number of carbonyl (C=O) groups is 1. The summed E-state index contributed by atoms with van der Waals surface area (Å²) in [5.74, 6) is 0.558. The number of carbonyl (C=O) groups excluding carboxylic acids is 1. The lowest BCUT2D eigenvalue weighted by Crippen LogP contribution is -2.12. The standard InChI is InChI=1S/C10H18O3/c1-5-9(8(3)4)13-7-10(11)12-6-2/h5-7H2,1-4H3. The van der Waals surface area contributed by atoms with Gasteiger partial charge in [0.1, 0.15) is 0 Å². The van der Waals surface area contributed by atoms with Crippen LogP contribution in [0.25, 0.3) is 0 Å². The van der Waals surface area contributed by atoms with Crippen LogP contribution < -0.4 is 0 Å². The third-order valence-corrected chi connectivity index (χ3v) is 1.55. The highest BCUT2D eigenvalue weighted by Gasteiger charge is 2.04. The average Bonchev–Trinajstić information content (AvgIpc) is 2.05. The van der Waals surface area contributed by atoms with Crippen molar-refractivity contribution in [2.45, 2.75) is 34.1 Å². The number of allylic oxidation sites excluding steroid dienone is 2. The Labute approximate surface area is 79.7 Å². The van der Waals surface area contributed by atoms with Gasteiger partial charge >= 0.3 is 5.97 Å². The average molecular weight is 186 g/mol. The van der Waals surface area contributed by atoms with Crippen LogP contribution in [0, 0.1) is 0 Å². The summed E-state index contributed by atoms with van der Waals surface area (Å²) in [6.45, 7) is 8.11. The van der Waals surface area contributed by atoms with Crippen LogP contribution in [0.15, 0.2) is 11.3 Å². The molecule has 0 N–H and O–H groups in total. The molecule has 0 radical (unpaired) electrons. The van der Waals surface area contributed by atoms with E-state index in [1.54, 1.807) is 6.92 Å². The molecule has 3 nitrogen and oxygen atoms in total.